The summed E-state index contributed by atoms with van der Waals surface area (Å²) in [6.07, 6.45) is 4.04. The van der Waals surface area contributed by atoms with Crippen LogP contribution in [-0.2, 0) is 6.42 Å². The van der Waals surface area contributed by atoms with Gasteiger partial charge in [0.05, 0.1) is 4.88 Å². The second-order valence-electron chi connectivity index (χ2n) is 4.79. The fourth-order valence-electron chi connectivity index (χ4n) is 2.10. The summed E-state index contributed by atoms with van der Waals surface area (Å²) in [5.74, 6) is -0.0634. The normalized spacial score (nSPS) is 14.1. The van der Waals surface area contributed by atoms with Crippen molar-refractivity contribution in [1.29, 1.82) is 0 Å². The van der Waals surface area contributed by atoms with Crippen LogP contribution in [0.25, 0.3) is 0 Å². The number of benzene rings is 1. The SMILES string of the molecule is O=C(c1ccc(Cc2cccc(Cl)c2)s1)N1C=CC(Cl)=NC1. The Hall–Kier alpha value is -1.62. The molecule has 0 saturated carbocycles. The molecule has 0 fully saturated rings. The number of thiophene rings is 1. The van der Waals surface area contributed by atoms with Crippen molar-refractivity contribution in [1.82, 2.24) is 4.90 Å². The molecule has 2 aromatic rings. The number of carbonyl (C=O) groups is 1. The van der Waals surface area contributed by atoms with Crippen LogP contribution < -0.4 is 0 Å². The van der Waals surface area contributed by atoms with Crippen LogP contribution >= 0.6 is 34.5 Å². The number of rotatable bonds is 3. The summed E-state index contributed by atoms with van der Waals surface area (Å²) in [5.41, 5.74) is 1.13. The van der Waals surface area contributed by atoms with Gasteiger partial charge < -0.3 is 0 Å². The van der Waals surface area contributed by atoms with Crippen LogP contribution in [0.4, 0.5) is 0 Å². The second kappa shape index (κ2) is 6.65. The number of hydrogen-bond donors (Lipinski definition) is 0. The van der Waals surface area contributed by atoms with Crippen molar-refractivity contribution in [3.63, 3.8) is 0 Å². The summed E-state index contributed by atoms with van der Waals surface area (Å²) in [6.45, 7) is 0.260. The van der Waals surface area contributed by atoms with Gasteiger partial charge in [-0.2, -0.15) is 0 Å². The summed E-state index contributed by atoms with van der Waals surface area (Å²) in [5, 5.41) is 1.13. The lowest BCUT2D eigenvalue weighted by Crippen LogP contribution is -2.27. The van der Waals surface area contributed by atoms with Gasteiger partial charge in [-0.25, -0.2) is 0 Å². The van der Waals surface area contributed by atoms with E-state index in [1.54, 1.807) is 17.2 Å². The third kappa shape index (κ3) is 3.58. The van der Waals surface area contributed by atoms with Crippen LogP contribution in [0.5, 0.6) is 0 Å². The van der Waals surface area contributed by atoms with Crippen molar-refractivity contribution in [3.05, 3.63) is 69.0 Å². The van der Waals surface area contributed by atoms with Gasteiger partial charge in [-0.1, -0.05) is 35.3 Å². The van der Waals surface area contributed by atoms with Crippen molar-refractivity contribution in [2.75, 3.05) is 6.67 Å². The lowest BCUT2D eigenvalue weighted by molar-refractivity contribution is 0.0829. The first kappa shape index (κ1) is 15.3. The maximum absolute atomic E-state index is 12.4. The van der Waals surface area contributed by atoms with E-state index in [0.29, 0.717) is 10.0 Å². The number of halogens is 2. The Labute approximate surface area is 142 Å². The predicted molar refractivity (Wildman–Crippen MR) is 92.0 cm³/mol. The first-order chi connectivity index (χ1) is 10.6. The minimum atomic E-state index is -0.0634. The highest BCUT2D eigenvalue weighted by Gasteiger charge is 2.17. The summed E-state index contributed by atoms with van der Waals surface area (Å²) >= 11 is 13.2. The van der Waals surface area contributed by atoms with E-state index in [-0.39, 0.29) is 12.6 Å². The zero-order valence-corrected chi connectivity index (χ0v) is 13.8. The van der Waals surface area contributed by atoms with Gasteiger partial charge in [0.2, 0.25) is 0 Å². The molecule has 0 radical (unpaired) electrons. The molecule has 0 spiro atoms. The average molecular weight is 351 g/mol. The fraction of sp³-hybridized carbons (Fsp3) is 0.125. The van der Waals surface area contributed by atoms with Crippen molar-refractivity contribution < 1.29 is 4.79 Å². The third-order valence-electron chi connectivity index (χ3n) is 3.17. The Balaban J connectivity index is 1.71. The minimum Gasteiger partial charge on any atom is -0.294 e. The molecule has 0 saturated heterocycles. The van der Waals surface area contributed by atoms with E-state index in [0.717, 1.165) is 21.9 Å². The smallest absolute Gasteiger partial charge is 0.269 e. The topological polar surface area (TPSA) is 32.7 Å². The van der Waals surface area contributed by atoms with Crippen LogP contribution in [0.15, 0.2) is 53.7 Å². The van der Waals surface area contributed by atoms with Gasteiger partial charge in [0.15, 0.2) is 0 Å². The molecule has 22 heavy (non-hydrogen) atoms. The van der Waals surface area contributed by atoms with E-state index in [2.05, 4.69) is 4.99 Å². The summed E-state index contributed by atoms with van der Waals surface area (Å²) in [7, 11) is 0. The number of nitrogens with zero attached hydrogens (tertiary/aromatic N) is 2. The van der Waals surface area contributed by atoms with Crippen molar-refractivity contribution in [3.8, 4) is 0 Å². The molecule has 3 rings (SSSR count). The van der Waals surface area contributed by atoms with Crippen LogP contribution in [-0.4, -0.2) is 22.6 Å². The average Bonchev–Trinajstić information content (AvgIpc) is 2.96. The predicted octanol–water partition coefficient (Wildman–Crippen LogP) is 4.56. The molecule has 0 atom stereocenters. The van der Waals surface area contributed by atoms with Gasteiger partial charge >= 0.3 is 0 Å². The molecular weight excluding hydrogens is 339 g/mol. The van der Waals surface area contributed by atoms with Crippen molar-refractivity contribution >= 4 is 45.6 Å². The maximum atomic E-state index is 12.4. The Bertz CT molecular complexity index is 767. The molecule has 6 heteroatoms. The fourth-order valence-corrected chi connectivity index (χ4v) is 3.43. The highest BCUT2D eigenvalue weighted by Crippen LogP contribution is 2.23. The van der Waals surface area contributed by atoms with Gasteiger partial charge in [-0.05, 0) is 35.9 Å². The van der Waals surface area contributed by atoms with E-state index in [9.17, 15) is 4.79 Å². The molecule has 1 aromatic heterocycles. The minimum absolute atomic E-state index is 0.0634. The third-order valence-corrected chi connectivity index (χ3v) is 4.72. The number of amides is 1. The highest BCUT2D eigenvalue weighted by molar-refractivity contribution is 7.14. The van der Waals surface area contributed by atoms with Gasteiger partial charge in [0.1, 0.15) is 11.8 Å². The van der Waals surface area contributed by atoms with Crippen LogP contribution in [0.3, 0.4) is 0 Å². The molecule has 0 unspecified atom stereocenters. The molecular formula is C16H12Cl2N2OS. The number of aliphatic imine (C=N–C) groups is 1. The molecule has 1 aliphatic heterocycles. The van der Waals surface area contributed by atoms with Gasteiger partial charge in [0, 0.05) is 22.5 Å². The quantitative estimate of drug-likeness (QED) is 0.798. The van der Waals surface area contributed by atoms with Gasteiger partial charge in [0.25, 0.3) is 5.91 Å². The summed E-state index contributed by atoms with van der Waals surface area (Å²) < 4.78 is 0. The van der Waals surface area contributed by atoms with E-state index < -0.39 is 0 Å². The van der Waals surface area contributed by atoms with Crippen LogP contribution in [0, 0.1) is 0 Å². The van der Waals surface area contributed by atoms with Crippen LogP contribution in [0.1, 0.15) is 20.1 Å². The number of carbonyl (C=O) groups excluding carboxylic acids is 1. The lowest BCUT2D eigenvalue weighted by Gasteiger charge is -2.17. The van der Waals surface area contributed by atoms with E-state index in [1.165, 1.54) is 11.3 Å². The summed E-state index contributed by atoms with van der Waals surface area (Å²) in [4.78, 5) is 19.8. The zero-order chi connectivity index (χ0) is 15.5. The Kier molecular flexibility index (Phi) is 4.62. The maximum Gasteiger partial charge on any atom is 0.269 e. The molecule has 1 aliphatic rings. The van der Waals surface area contributed by atoms with Crippen LogP contribution in [0.2, 0.25) is 5.02 Å². The monoisotopic (exact) mass is 350 g/mol. The molecule has 3 nitrogen and oxygen atoms in total. The second-order valence-corrected chi connectivity index (χ2v) is 6.78. The Morgan fingerprint density at radius 2 is 2.14 bits per heavy atom. The van der Waals surface area contributed by atoms with Crippen molar-refractivity contribution in [2.45, 2.75) is 6.42 Å². The van der Waals surface area contributed by atoms with Crippen molar-refractivity contribution in [2.24, 2.45) is 4.99 Å². The molecule has 1 aromatic carbocycles. The molecule has 0 N–H and O–H groups in total. The molecule has 1 amide bonds. The first-order valence-corrected chi connectivity index (χ1v) is 8.21. The molecule has 0 bridgehead atoms. The zero-order valence-electron chi connectivity index (χ0n) is 11.5. The first-order valence-electron chi connectivity index (χ1n) is 6.64. The Morgan fingerprint density at radius 1 is 1.27 bits per heavy atom. The van der Waals surface area contributed by atoms with E-state index in [1.807, 2.05) is 36.4 Å². The number of allylic oxidation sites excluding steroid dienone is 1. The largest absolute Gasteiger partial charge is 0.294 e. The molecule has 2 heterocycles. The number of hydrogen-bond acceptors (Lipinski definition) is 3. The standard InChI is InChI=1S/C16H12Cl2N2OS/c17-12-3-1-2-11(8-12)9-13-4-5-14(22-13)16(21)20-7-6-15(18)19-10-20/h1-8H,9-10H2. The highest BCUT2D eigenvalue weighted by atomic mass is 35.5. The van der Waals surface area contributed by atoms with Gasteiger partial charge in [-0.15, -0.1) is 11.3 Å². The van der Waals surface area contributed by atoms with E-state index in [4.69, 9.17) is 23.2 Å². The summed E-state index contributed by atoms with van der Waals surface area (Å²) in [6, 6.07) is 11.6. The molecule has 112 valence electrons. The van der Waals surface area contributed by atoms with E-state index >= 15 is 0 Å². The lowest BCUT2D eigenvalue weighted by atomic mass is 10.1. The molecule has 0 aliphatic carbocycles. The van der Waals surface area contributed by atoms with Gasteiger partial charge in [-0.3, -0.25) is 14.7 Å². The Morgan fingerprint density at radius 3 is 2.86 bits per heavy atom.